The van der Waals surface area contributed by atoms with Crippen molar-refractivity contribution in [1.29, 1.82) is 5.41 Å². The molecule has 6 rings (SSSR count). The highest BCUT2D eigenvalue weighted by Gasteiger charge is 2.27. The van der Waals surface area contributed by atoms with Crippen LogP contribution in [0, 0.1) is 25.6 Å². The van der Waals surface area contributed by atoms with Crippen LogP contribution in [0.2, 0.25) is 0 Å². The molecule has 50 heavy (non-hydrogen) atoms. The average molecular weight is 720 g/mol. The Labute approximate surface area is 288 Å². The lowest BCUT2D eigenvalue weighted by Crippen LogP contribution is -2.29. The SMILES string of the molecule is COc1cc(-c2nc3sccn3c2/C=N/NC(=N)N/N=C/c2c(-c3cc(OC)c(OC)cc3[N+](=O)[O-])nc3sccn23)c([N+](=O)[O-])cc1OC. The number of nitrogens with one attached hydrogen (secondary N) is 3. The number of imidazole rings is 2. The summed E-state index contributed by atoms with van der Waals surface area (Å²) in [5.41, 5.74) is 6.17. The smallest absolute Gasteiger partial charge is 0.282 e. The fraction of sp³-hybridized carbons (Fsp3) is 0.138. The Morgan fingerprint density at radius 1 is 0.740 bits per heavy atom. The van der Waals surface area contributed by atoms with Crippen LogP contribution < -0.4 is 29.8 Å². The molecule has 0 saturated heterocycles. The largest absolute Gasteiger partial charge is 0.493 e. The van der Waals surface area contributed by atoms with Gasteiger partial charge in [0.2, 0.25) is 5.96 Å². The molecule has 2 aromatic carbocycles. The summed E-state index contributed by atoms with van der Waals surface area (Å²) in [6.07, 6.45) is 6.19. The van der Waals surface area contributed by atoms with Crippen LogP contribution in [0.15, 0.2) is 57.6 Å². The van der Waals surface area contributed by atoms with E-state index in [1.807, 2.05) is 0 Å². The van der Waals surface area contributed by atoms with Crippen LogP contribution >= 0.6 is 22.7 Å². The van der Waals surface area contributed by atoms with Gasteiger partial charge in [0.1, 0.15) is 11.4 Å². The van der Waals surface area contributed by atoms with Crippen molar-refractivity contribution in [2.75, 3.05) is 28.4 Å². The van der Waals surface area contributed by atoms with Gasteiger partial charge in [0.05, 0.1) is 85.4 Å². The summed E-state index contributed by atoms with van der Waals surface area (Å²) >= 11 is 2.64. The summed E-state index contributed by atoms with van der Waals surface area (Å²) in [4.78, 5) is 33.2. The molecule has 21 heteroatoms. The minimum absolute atomic E-state index is 0.175. The minimum Gasteiger partial charge on any atom is -0.493 e. The van der Waals surface area contributed by atoms with Crippen molar-refractivity contribution in [3.63, 3.8) is 0 Å². The maximum atomic E-state index is 12.0. The fourth-order valence-electron chi connectivity index (χ4n) is 5.01. The molecule has 6 aromatic rings. The van der Waals surface area contributed by atoms with E-state index < -0.39 is 9.85 Å². The highest BCUT2D eigenvalue weighted by atomic mass is 32.1. The molecule has 0 spiro atoms. The zero-order valence-corrected chi connectivity index (χ0v) is 28.1. The molecule has 0 unspecified atom stereocenters. The van der Waals surface area contributed by atoms with E-state index in [0.717, 1.165) is 0 Å². The third-order valence-corrected chi connectivity index (χ3v) is 8.75. The number of nitro groups is 2. The van der Waals surface area contributed by atoms with Gasteiger partial charge in [-0.15, -0.1) is 22.7 Å². The van der Waals surface area contributed by atoms with Crippen molar-refractivity contribution in [1.82, 2.24) is 29.6 Å². The number of nitrogens with zero attached hydrogens (tertiary/aromatic N) is 8. The van der Waals surface area contributed by atoms with E-state index in [-0.39, 0.29) is 62.8 Å². The number of benzene rings is 2. The first-order valence-electron chi connectivity index (χ1n) is 14.1. The molecule has 0 fully saturated rings. The molecule has 0 saturated carbocycles. The van der Waals surface area contributed by atoms with Gasteiger partial charge in [-0.2, -0.15) is 10.2 Å². The number of thiazole rings is 2. The summed E-state index contributed by atoms with van der Waals surface area (Å²) in [5.74, 6) is 0.579. The predicted molar refractivity (Wildman–Crippen MR) is 186 cm³/mol. The van der Waals surface area contributed by atoms with Gasteiger partial charge >= 0.3 is 0 Å². The van der Waals surface area contributed by atoms with Crippen molar-refractivity contribution < 1.29 is 28.8 Å². The Hall–Kier alpha value is -6.61. The second kappa shape index (κ2) is 13.9. The Kier molecular flexibility index (Phi) is 9.23. The van der Waals surface area contributed by atoms with Crippen molar-refractivity contribution in [2.24, 2.45) is 10.2 Å². The summed E-state index contributed by atoms with van der Waals surface area (Å²) in [6.45, 7) is 0. The van der Waals surface area contributed by atoms with Crippen LogP contribution in [0.1, 0.15) is 11.4 Å². The average Bonchev–Trinajstić information content (AvgIpc) is 3.90. The lowest BCUT2D eigenvalue weighted by Gasteiger charge is -2.10. The zero-order chi connectivity index (χ0) is 35.5. The van der Waals surface area contributed by atoms with Crippen LogP contribution in [0.4, 0.5) is 11.4 Å². The van der Waals surface area contributed by atoms with Crippen LogP contribution in [0.5, 0.6) is 23.0 Å². The number of fused-ring (bicyclic) bond motifs is 2. The van der Waals surface area contributed by atoms with Gasteiger partial charge in [-0.1, -0.05) is 0 Å². The Balaban J connectivity index is 1.27. The van der Waals surface area contributed by atoms with E-state index in [1.54, 1.807) is 32.0 Å². The Bertz CT molecular complexity index is 2180. The van der Waals surface area contributed by atoms with Gasteiger partial charge in [-0.3, -0.25) is 34.4 Å². The van der Waals surface area contributed by atoms with Crippen molar-refractivity contribution in [2.45, 2.75) is 0 Å². The fourth-order valence-corrected chi connectivity index (χ4v) is 6.45. The van der Waals surface area contributed by atoms with Crippen LogP contribution in [-0.4, -0.2) is 75.4 Å². The van der Waals surface area contributed by atoms with E-state index in [1.165, 1.54) is 87.8 Å². The molecule has 0 amide bonds. The third kappa shape index (κ3) is 6.08. The highest BCUT2D eigenvalue weighted by Crippen LogP contribution is 2.42. The molecule has 0 aliphatic carbocycles. The molecule has 3 N–H and O–H groups in total. The normalized spacial score (nSPS) is 11.4. The zero-order valence-electron chi connectivity index (χ0n) is 26.4. The molecular weight excluding hydrogens is 695 g/mol. The maximum Gasteiger partial charge on any atom is 0.282 e. The molecule has 0 atom stereocenters. The second-order valence-electron chi connectivity index (χ2n) is 9.88. The maximum absolute atomic E-state index is 12.0. The highest BCUT2D eigenvalue weighted by molar-refractivity contribution is 7.15. The van der Waals surface area contributed by atoms with Crippen molar-refractivity contribution >= 4 is 62.4 Å². The minimum atomic E-state index is -0.541. The number of ether oxygens (including phenoxy) is 4. The van der Waals surface area contributed by atoms with Crippen molar-refractivity contribution in [3.8, 4) is 45.5 Å². The summed E-state index contributed by atoms with van der Waals surface area (Å²) < 4.78 is 24.6. The number of aromatic nitrogens is 4. The number of nitro benzene ring substituents is 2. The van der Waals surface area contributed by atoms with Crippen LogP contribution in [-0.2, 0) is 0 Å². The standard InChI is InChI=1S/C29H25N11O8S2/c1-45-21-9-15(17(39(41)42)11-23(21)47-3)25-19(37-5-7-49-28(37)33-25)13-31-35-27(30)36-32-14-20-26(34-29-38(20)6-8-50-29)16-10-22(46-2)24(48-4)12-18(16)40(43)44/h5-14H,1-4H3,(H3,30,35,36)/b31-13+,32-14+. The van der Waals surface area contributed by atoms with Gasteiger partial charge in [0.15, 0.2) is 32.9 Å². The van der Waals surface area contributed by atoms with Gasteiger partial charge < -0.3 is 18.9 Å². The topological polar surface area (TPSA) is 230 Å². The number of rotatable bonds is 12. The van der Waals surface area contributed by atoms with E-state index in [2.05, 4.69) is 31.0 Å². The summed E-state index contributed by atoms with van der Waals surface area (Å²) in [7, 11) is 5.60. The van der Waals surface area contributed by atoms with Gasteiger partial charge in [-0.05, 0) is 0 Å². The van der Waals surface area contributed by atoms with E-state index >= 15 is 0 Å². The van der Waals surface area contributed by atoms with Gasteiger partial charge in [0.25, 0.3) is 11.4 Å². The number of methoxy groups -OCH3 is 4. The summed E-state index contributed by atoms with van der Waals surface area (Å²) in [6, 6.07) is 5.46. The van der Waals surface area contributed by atoms with Gasteiger partial charge in [0, 0.05) is 35.3 Å². The molecule has 4 aromatic heterocycles. The van der Waals surface area contributed by atoms with E-state index in [4.69, 9.17) is 24.4 Å². The molecule has 256 valence electrons. The quantitative estimate of drug-likeness (QED) is 0.0672. The number of hydrogen-bond donors (Lipinski definition) is 3. The lowest BCUT2D eigenvalue weighted by atomic mass is 10.1. The third-order valence-electron chi connectivity index (χ3n) is 7.23. The first kappa shape index (κ1) is 33.3. The number of guanidine groups is 1. The monoisotopic (exact) mass is 719 g/mol. The Morgan fingerprint density at radius 2 is 1.12 bits per heavy atom. The second-order valence-corrected chi connectivity index (χ2v) is 11.6. The molecule has 19 nitrogen and oxygen atoms in total. The predicted octanol–water partition coefficient (Wildman–Crippen LogP) is 4.77. The first-order valence-corrected chi connectivity index (χ1v) is 15.8. The van der Waals surface area contributed by atoms with Crippen LogP contribution in [0.25, 0.3) is 32.4 Å². The number of hydrogen-bond acceptors (Lipinski definition) is 15. The number of hydrazone groups is 2. The molecule has 4 heterocycles. The molecular formula is C29H25N11O8S2. The van der Waals surface area contributed by atoms with Gasteiger partial charge in [-0.25, -0.2) is 20.8 Å². The summed E-state index contributed by atoms with van der Waals surface area (Å²) in [5, 5.41) is 44.2. The Morgan fingerprint density at radius 3 is 1.48 bits per heavy atom. The molecule has 0 radical (unpaired) electrons. The molecule has 0 bridgehead atoms. The van der Waals surface area contributed by atoms with Crippen molar-refractivity contribution in [3.05, 3.63) is 79.0 Å². The molecule has 0 aliphatic heterocycles. The van der Waals surface area contributed by atoms with E-state index in [0.29, 0.717) is 21.3 Å². The van der Waals surface area contributed by atoms with E-state index in [9.17, 15) is 20.2 Å². The molecule has 0 aliphatic rings. The first-order chi connectivity index (χ1) is 24.2. The lowest BCUT2D eigenvalue weighted by molar-refractivity contribution is -0.384. The van der Waals surface area contributed by atoms with Crippen LogP contribution in [0.3, 0.4) is 0 Å².